The number of nitrogens with two attached hydrogens (primary N) is 1. The highest BCUT2D eigenvalue weighted by atomic mass is 16.6. The molecule has 1 atom stereocenters. The molecule has 11 heteroatoms. The van der Waals surface area contributed by atoms with E-state index in [9.17, 15) is 24.8 Å². The number of carbonyl (C=O) groups is 2. The number of primary amides is 1. The van der Waals surface area contributed by atoms with Gasteiger partial charge in [0.25, 0.3) is 11.6 Å². The predicted molar refractivity (Wildman–Crippen MR) is 102 cm³/mol. The van der Waals surface area contributed by atoms with Crippen LogP contribution in [-0.2, 0) is 10.4 Å². The van der Waals surface area contributed by atoms with E-state index in [1.807, 2.05) is 0 Å². The highest BCUT2D eigenvalue weighted by Gasteiger charge is 2.47. The molecule has 0 saturated carbocycles. The van der Waals surface area contributed by atoms with E-state index in [4.69, 9.17) is 10.5 Å². The van der Waals surface area contributed by atoms with Gasteiger partial charge >= 0.3 is 6.03 Å². The molecule has 5 N–H and O–H groups in total. The van der Waals surface area contributed by atoms with Crippen LogP contribution in [0.25, 0.3) is 0 Å². The number of nitrogens with zero attached hydrogens (tertiary/aromatic N) is 2. The van der Waals surface area contributed by atoms with Crippen LogP contribution in [0.2, 0.25) is 0 Å². The van der Waals surface area contributed by atoms with Crippen LogP contribution in [0.3, 0.4) is 0 Å². The minimum absolute atomic E-state index is 0.0389. The van der Waals surface area contributed by atoms with Gasteiger partial charge in [0, 0.05) is 29.8 Å². The lowest BCUT2D eigenvalue weighted by molar-refractivity contribution is -0.385. The number of hydrazone groups is 1. The van der Waals surface area contributed by atoms with E-state index in [2.05, 4.69) is 15.8 Å². The maximum Gasteiger partial charge on any atom is 0.332 e. The summed E-state index contributed by atoms with van der Waals surface area (Å²) in [6.45, 7) is 0. The van der Waals surface area contributed by atoms with Crippen molar-refractivity contribution in [1.82, 2.24) is 5.43 Å². The minimum Gasteiger partial charge on any atom is -0.497 e. The van der Waals surface area contributed by atoms with Crippen LogP contribution in [0.5, 0.6) is 5.75 Å². The van der Waals surface area contributed by atoms with Crippen molar-refractivity contribution in [2.45, 2.75) is 12.0 Å². The van der Waals surface area contributed by atoms with Gasteiger partial charge in [-0.3, -0.25) is 14.9 Å². The molecule has 1 unspecified atom stereocenters. The summed E-state index contributed by atoms with van der Waals surface area (Å²) in [5, 5.41) is 28.6. The molecule has 2 aromatic rings. The van der Waals surface area contributed by atoms with Crippen molar-refractivity contribution in [2.24, 2.45) is 10.8 Å². The third-order valence-electron chi connectivity index (χ3n) is 4.43. The Labute approximate surface area is 164 Å². The first-order chi connectivity index (χ1) is 13.7. The molecule has 1 heterocycles. The number of carbonyl (C=O) groups excluding carboxylic acids is 2. The van der Waals surface area contributed by atoms with Crippen molar-refractivity contribution >= 4 is 29.0 Å². The molecule has 1 aliphatic heterocycles. The summed E-state index contributed by atoms with van der Waals surface area (Å²) in [5.41, 5.74) is 5.61. The van der Waals surface area contributed by atoms with Crippen LogP contribution < -0.4 is 21.2 Å². The monoisotopic (exact) mass is 399 g/mol. The number of benzene rings is 2. The molecule has 0 spiro atoms. The molecule has 3 amide bonds. The van der Waals surface area contributed by atoms with Crippen molar-refractivity contribution in [1.29, 1.82) is 0 Å². The topological polar surface area (TPSA) is 169 Å². The number of nitro groups is 1. The lowest BCUT2D eigenvalue weighted by Crippen LogP contribution is -2.37. The van der Waals surface area contributed by atoms with Gasteiger partial charge in [-0.15, -0.1) is 0 Å². The van der Waals surface area contributed by atoms with Crippen LogP contribution >= 0.6 is 0 Å². The molecule has 29 heavy (non-hydrogen) atoms. The first-order valence-corrected chi connectivity index (χ1v) is 8.34. The number of fused-ring (bicyclic) bond motifs is 1. The Kier molecular flexibility index (Phi) is 5.15. The molecular weight excluding hydrogens is 382 g/mol. The third-order valence-corrected chi connectivity index (χ3v) is 4.43. The average Bonchev–Trinajstić information content (AvgIpc) is 2.95. The molecule has 0 aliphatic carbocycles. The second-order valence-electron chi connectivity index (χ2n) is 6.24. The van der Waals surface area contributed by atoms with Gasteiger partial charge in [0.1, 0.15) is 5.75 Å². The summed E-state index contributed by atoms with van der Waals surface area (Å²) in [6, 6.07) is 9.25. The smallest absolute Gasteiger partial charge is 0.332 e. The number of rotatable bonds is 6. The average molecular weight is 399 g/mol. The summed E-state index contributed by atoms with van der Waals surface area (Å²) in [4.78, 5) is 34.1. The minimum atomic E-state index is -2.14. The van der Waals surface area contributed by atoms with Crippen molar-refractivity contribution in [2.75, 3.05) is 12.4 Å². The van der Waals surface area contributed by atoms with Crippen LogP contribution in [-0.4, -0.2) is 34.8 Å². The van der Waals surface area contributed by atoms with Gasteiger partial charge in [0.2, 0.25) is 0 Å². The maximum atomic E-state index is 12.5. The Morgan fingerprint density at radius 2 is 2.03 bits per heavy atom. The molecule has 0 saturated heterocycles. The second-order valence-corrected chi connectivity index (χ2v) is 6.24. The summed E-state index contributed by atoms with van der Waals surface area (Å²) < 4.78 is 5.09. The van der Waals surface area contributed by atoms with E-state index in [1.165, 1.54) is 19.2 Å². The van der Waals surface area contributed by atoms with Crippen LogP contribution in [0, 0.1) is 10.1 Å². The van der Waals surface area contributed by atoms with E-state index < -0.39 is 22.5 Å². The largest absolute Gasteiger partial charge is 0.497 e. The van der Waals surface area contributed by atoms with Gasteiger partial charge in [-0.2, -0.15) is 5.10 Å². The Bertz CT molecular complexity index is 1020. The fraction of sp³-hybridized carbons (Fsp3) is 0.167. The quantitative estimate of drug-likeness (QED) is 0.323. The Morgan fingerprint density at radius 1 is 1.34 bits per heavy atom. The van der Waals surface area contributed by atoms with Crippen LogP contribution in [0.4, 0.5) is 16.2 Å². The van der Waals surface area contributed by atoms with Crippen molar-refractivity contribution in [3.05, 3.63) is 63.7 Å². The number of hydrogen-bond acceptors (Lipinski definition) is 7. The van der Waals surface area contributed by atoms with Crippen LogP contribution in [0.15, 0.2) is 47.6 Å². The lowest BCUT2D eigenvalue weighted by Gasteiger charge is -2.22. The molecule has 0 fully saturated rings. The van der Waals surface area contributed by atoms with E-state index in [0.29, 0.717) is 11.3 Å². The highest BCUT2D eigenvalue weighted by Crippen LogP contribution is 2.41. The summed E-state index contributed by atoms with van der Waals surface area (Å²) >= 11 is 0. The number of nitrogens with one attached hydrogen (secondary N) is 2. The fourth-order valence-electron chi connectivity index (χ4n) is 2.97. The van der Waals surface area contributed by atoms with E-state index in [-0.39, 0.29) is 29.1 Å². The van der Waals surface area contributed by atoms with Gasteiger partial charge in [-0.25, -0.2) is 10.2 Å². The van der Waals surface area contributed by atoms with Crippen molar-refractivity contribution < 1.29 is 24.4 Å². The zero-order valence-corrected chi connectivity index (χ0v) is 15.2. The lowest BCUT2D eigenvalue weighted by atomic mass is 9.87. The first kappa shape index (κ1) is 19.8. The number of amides is 3. The molecular formula is C18H17N5O6. The summed E-state index contributed by atoms with van der Waals surface area (Å²) in [7, 11) is 1.49. The maximum absolute atomic E-state index is 12.5. The molecule has 0 aromatic heterocycles. The number of methoxy groups -OCH3 is 1. The van der Waals surface area contributed by atoms with E-state index >= 15 is 0 Å². The number of nitro benzene ring substituents is 1. The van der Waals surface area contributed by atoms with E-state index in [0.717, 1.165) is 6.07 Å². The zero-order valence-electron chi connectivity index (χ0n) is 15.2. The Hall–Kier alpha value is -3.99. The molecule has 11 nitrogen and oxygen atoms in total. The fourth-order valence-corrected chi connectivity index (χ4v) is 2.97. The van der Waals surface area contributed by atoms with Gasteiger partial charge < -0.3 is 20.9 Å². The molecule has 0 bridgehead atoms. The van der Waals surface area contributed by atoms with Crippen molar-refractivity contribution in [3.63, 3.8) is 0 Å². The molecule has 2 aromatic carbocycles. The third kappa shape index (κ3) is 3.84. The number of urea groups is 1. The number of anilines is 1. The number of aliphatic hydroxyl groups is 1. The summed E-state index contributed by atoms with van der Waals surface area (Å²) in [5.74, 6) is -0.206. The predicted octanol–water partition coefficient (Wildman–Crippen LogP) is 1.21. The van der Waals surface area contributed by atoms with Crippen LogP contribution in [0.1, 0.15) is 17.5 Å². The van der Waals surface area contributed by atoms with E-state index in [1.54, 1.807) is 24.3 Å². The van der Waals surface area contributed by atoms with Crippen molar-refractivity contribution in [3.8, 4) is 5.75 Å². The zero-order chi connectivity index (χ0) is 21.2. The summed E-state index contributed by atoms with van der Waals surface area (Å²) in [6.07, 6.45) is -0.375. The van der Waals surface area contributed by atoms with Gasteiger partial charge in [0.15, 0.2) is 5.60 Å². The molecule has 1 aliphatic rings. The normalized spacial score (nSPS) is 18.0. The Morgan fingerprint density at radius 3 is 2.62 bits per heavy atom. The second kappa shape index (κ2) is 7.56. The Balaban J connectivity index is 2.03. The van der Waals surface area contributed by atoms with Gasteiger partial charge in [-0.05, 0) is 35.9 Å². The van der Waals surface area contributed by atoms with Gasteiger partial charge in [-0.1, -0.05) is 0 Å². The molecule has 0 radical (unpaired) electrons. The highest BCUT2D eigenvalue weighted by molar-refractivity contribution is 6.11. The molecule has 150 valence electrons. The number of ether oxygens (including phenoxy) is 1. The molecule has 3 rings (SSSR count). The van der Waals surface area contributed by atoms with Gasteiger partial charge in [0.05, 0.1) is 17.7 Å². The number of non-ortho nitro benzene ring substituents is 1. The standard InChI is InChI=1S/C18H17N5O6/c1-29-12-5-2-10(3-6-12)15(21-22-17(19)25)9-18(26)13-8-11(23(27)28)4-7-14(13)20-16(18)24/h2-8,26H,9H2,1H3,(H,20,24)(H3,19,22,25)/b21-15-. The first-order valence-electron chi connectivity index (χ1n) is 8.34. The number of hydrogen-bond donors (Lipinski definition) is 4. The SMILES string of the molecule is COc1ccc(/C(CC2(O)C(=O)Nc3ccc([N+](=O)[O-])cc32)=N\NC(N)=O)cc1.